The van der Waals surface area contributed by atoms with Crippen molar-refractivity contribution in [2.24, 2.45) is 0 Å². The maximum absolute atomic E-state index is 12.8. The lowest BCUT2D eigenvalue weighted by Crippen LogP contribution is -2.33. The van der Waals surface area contributed by atoms with Crippen molar-refractivity contribution in [3.8, 4) is 0 Å². The molecule has 1 unspecified atom stereocenters. The molecule has 3 amide bonds. The quantitative estimate of drug-likeness (QED) is 0.531. The lowest BCUT2D eigenvalue weighted by atomic mass is 10.1. The lowest BCUT2D eigenvalue weighted by Gasteiger charge is -2.19. The van der Waals surface area contributed by atoms with Crippen molar-refractivity contribution in [2.75, 3.05) is 30.3 Å². The summed E-state index contributed by atoms with van der Waals surface area (Å²) in [5, 5.41) is 6.67. The average molecular weight is 463 g/mol. The first-order chi connectivity index (χ1) is 16.5. The van der Waals surface area contributed by atoms with E-state index in [1.54, 1.807) is 29.2 Å². The molecule has 1 aliphatic heterocycles. The molecule has 2 N–H and O–H groups in total. The Bertz CT molecular complexity index is 1190. The molecule has 1 aromatic heterocycles. The van der Waals surface area contributed by atoms with Gasteiger partial charge in [0.25, 0.3) is 11.8 Å². The summed E-state index contributed by atoms with van der Waals surface area (Å²) in [5.74, 6) is -0.389. The molecule has 1 aliphatic rings. The van der Waals surface area contributed by atoms with E-state index in [1.807, 2.05) is 48.9 Å². The van der Waals surface area contributed by atoms with E-state index in [0.717, 1.165) is 17.3 Å². The largest absolute Gasteiger partial charge is 0.368 e. The Morgan fingerprint density at radius 2 is 1.82 bits per heavy atom. The number of nitrogens with zero attached hydrogens (tertiary/aromatic N) is 2. The highest BCUT2D eigenvalue weighted by atomic mass is 16.5. The molecule has 0 radical (unpaired) electrons. The predicted molar refractivity (Wildman–Crippen MR) is 132 cm³/mol. The third-order valence-electron chi connectivity index (χ3n) is 6.07. The molecule has 3 aromatic rings. The number of rotatable bonds is 8. The number of anilines is 2. The molecule has 34 heavy (non-hydrogen) atoms. The number of ether oxygens (including phenoxy) is 1. The van der Waals surface area contributed by atoms with Crippen LogP contribution in [0.3, 0.4) is 0 Å². The zero-order valence-corrected chi connectivity index (χ0v) is 19.5. The van der Waals surface area contributed by atoms with Crippen LogP contribution in [0, 0.1) is 0 Å². The summed E-state index contributed by atoms with van der Waals surface area (Å²) in [6.45, 7) is 6.19. The minimum absolute atomic E-state index is 0.0753. The Balaban J connectivity index is 1.43. The van der Waals surface area contributed by atoms with Crippen LogP contribution in [0.4, 0.5) is 11.4 Å². The monoisotopic (exact) mass is 462 g/mol. The van der Waals surface area contributed by atoms with Gasteiger partial charge in [-0.2, -0.15) is 0 Å². The van der Waals surface area contributed by atoms with Gasteiger partial charge in [0.15, 0.2) is 0 Å². The molecule has 0 saturated carbocycles. The van der Waals surface area contributed by atoms with Gasteiger partial charge in [0.05, 0.1) is 0 Å². The molecule has 2 aromatic carbocycles. The topological polar surface area (TPSA) is 92.7 Å². The highest BCUT2D eigenvalue weighted by molar-refractivity contribution is 6.06. The molecule has 1 atom stereocenters. The molecular formula is C26H30N4O4. The second-order valence-corrected chi connectivity index (χ2v) is 8.31. The van der Waals surface area contributed by atoms with Crippen LogP contribution >= 0.6 is 0 Å². The Hall–Kier alpha value is -3.65. The lowest BCUT2D eigenvalue weighted by molar-refractivity contribution is -0.131. The van der Waals surface area contributed by atoms with Crippen LogP contribution in [0.2, 0.25) is 0 Å². The summed E-state index contributed by atoms with van der Waals surface area (Å²) < 4.78 is 7.33. The van der Waals surface area contributed by atoms with Crippen molar-refractivity contribution in [1.29, 1.82) is 0 Å². The Morgan fingerprint density at radius 1 is 1.03 bits per heavy atom. The van der Waals surface area contributed by atoms with E-state index >= 15 is 0 Å². The molecule has 8 heteroatoms. The van der Waals surface area contributed by atoms with Gasteiger partial charge in [-0.25, -0.2) is 0 Å². The molecule has 1 fully saturated rings. The number of likely N-dealkylation sites (N-methyl/N-ethyl adjacent to an activating group) is 1. The van der Waals surface area contributed by atoms with Crippen LogP contribution < -0.4 is 10.6 Å². The number of fused-ring (bicyclic) bond motifs is 1. The summed E-state index contributed by atoms with van der Waals surface area (Å²) in [5.41, 5.74) is 2.57. The molecule has 4 rings (SSSR count). The fourth-order valence-corrected chi connectivity index (χ4v) is 4.19. The van der Waals surface area contributed by atoms with Crippen molar-refractivity contribution in [3.63, 3.8) is 0 Å². The standard InChI is InChI=1S/C26H30N4O4/c1-3-29(4-2)24(31)17-30-13-12-18-15-21(10-11-22(18)30)27-25(32)19-7-5-8-20(16-19)28-26(33)23-9-6-14-34-23/h5,7-8,10-13,15-16,23H,3-4,6,9,14,17H2,1-2H3,(H,27,32)(H,28,33). The second kappa shape index (κ2) is 10.5. The van der Waals surface area contributed by atoms with Gasteiger partial charge in [-0.1, -0.05) is 6.07 Å². The summed E-state index contributed by atoms with van der Waals surface area (Å²) in [4.78, 5) is 39.4. The molecule has 1 saturated heterocycles. The highest BCUT2D eigenvalue weighted by Gasteiger charge is 2.23. The SMILES string of the molecule is CCN(CC)C(=O)Cn1ccc2cc(NC(=O)c3cccc(NC(=O)C4CCCO4)c3)ccc21. The number of hydrogen-bond acceptors (Lipinski definition) is 4. The van der Waals surface area contributed by atoms with Gasteiger partial charge >= 0.3 is 0 Å². The van der Waals surface area contributed by atoms with Crippen LogP contribution in [0.15, 0.2) is 54.7 Å². The highest BCUT2D eigenvalue weighted by Crippen LogP contribution is 2.22. The molecule has 2 heterocycles. The Morgan fingerprint density at radius 3 is 2.56 bits per heavy atom. The smallest absolute Gasteiger partial charge is 0.255 e. The normalized spacial score (nSPS) is 15.3. The molecular weight excluding hydrogens is 432 g/mol. The zero-order valence-electron chi connectivity index (χ0n) is 19.5. The van der Waals surface area contributed by atoms with Crippen LogP contribution in [0.1, 0.15) is 37.0 Å². The molecule has 0 aliphatic carbocycles. The number of benzene rings is 2. The van der Waals surface area contributed by atoms with Gasteiger partial charge < -0.3 is 24.8 Å². The van der Waals surface area contributed by atoms with Crippen LogP contribution in [-0.4, -0.2) is 53.0 Å². The van der Waals surface area contributed by atoms with E-state index in [-0.39, 0.29) is 24.3 Å². The van der Waals surface area contributed by atoms with Crippen LogP contribution in [0.25, 0.3) is 10.9 Å². The van der Waals surface area contributed by atoms with E-state index in [1.165, 1.54) is 0 Å². The first-order valence-electron chi connectivity index (χ1n) is 11.7. The van der Waals surface area contributed by atoms with E-state index < -0.39 is 6.10 Å². The predicted octanol–water partition coefficient (Wildman–Crippen LogP) is 3.88. The summed E-state index contributed by atoms with van der Waals surface area (Å²) >= 11 is 0. The fraction of sp³-hybridized carbons (Fsp3) is 0.346. The first-order valence-corrected chi connectivity index (χ1v) is 11.7. The third-order valence-corrected chi connectivity index (χ3v) is 6.07. The van der Waals surface area contributed by atoms with Gasteiger partial charge in [0.2, 0.25) is 5.91 Å². The molecule has 178 valence electrons. The van der Waals surface area contributed by atoms with Crippen molar-refractivity contribution in [2.45, 2.75) is 39.3 Å². The maximum Gasteiger partial charge on any atom is 0.255 e. The first kappa shape index (κ1) is 23.5. The summed E-state index contributed by atoms with van der Waals surface area (Å²) in [7, 11) is 0. The Labute approximate surface area is 198 Å². The molecule has 0 spiro atoms. The van der Waals surface area contributed by atoms with E-state index in [0.29, 0.717) is 43.1 Å². The number of aromatic nitrogens is 1. The van der Waals surface area contributed by atoms with Gasteiger partial charge in [0.1, 0.15) is 12.6 Å². The fourth-order valence-electron chi connectivity index (χ4n) is 4.19. The maximum atomic E-state index is 12.8. The Kier molecular flexibility index (Phi) is 7.27. The van der Waals surface area contributed by atoms with Gasteiger partial charge in [-0.3, -0.25) is 14.4 Å². The van der Waals surface area contributed by atoms with Gasteiger partial charge in [0, 0.05) is 53.7 Å². The van der Waals surface area contributed by atoms with Crippen LogP contribution in [-0.2, 0) is 20.9 Å². The third kappa shape index (κ3) is 5.28. The summed E-state index contributed by atoms with van der Waals surface area (Å²) in [6.07, 6.45) is 3.04. The van der Waals surface area contributed by atoms with E-state index in [4.69, 9.17) is 4.74 Å². The minimum Gasteiger partial charge on any atom is -0.368 e. The van der Waals surface area contributed by atoms with Crippen molar-refractivity contribution in [3.05, 3.63) is 60.3 Å². The van der Waals surface area contributed by atoms with Crippen molar-refractivity contribution < 1.29 is 19.1 Å². The number of nitrogens with one attached hydrogen (secondary N) is 2. The summed E-state index contributed by atoms with van der Waals surface area (Å²) in [6, 6.07) is 14.4. The van der Waals surface area contributed by atoms with Crippen molar-refractivity contribution >= 4 is 40.0 Å². The average Bonchev–Trinajstić information content (AvgIpc) is 3.51. The number of amides is 3. The number of hydrogen-bond donors (Lipinski definition) is 2. The zero-order chi connectivity index (χ0) is 24.1. The van der Waals surface area contributed by atoms with E-state index in [9.17, 15) is 14.4 Å². The van der Waals surface area contributed by atoms with Gasteiger partial charge in [-0.05, 0) is 69.2 Å². The van der Waals surface area contributed by atoms with Gasteiger partial charge in [-0.15, -0.1) is 0 Å². The second-order valence-electron chi connectivity index (χ2n) is 8.31. The number of carbonyl (C=O) groups is 3. The van der Waals surface area contributed by atoms with E-state index in [2.05, 4.69) is 10.6 Å². The molecule has 8 nitrogen and oxygen atoms in total. The minimum atomic E-state index is -0.432. The van der Waals surface area contributed by atoms with Crippen LogP contribution in [0.5, 0.6) is 0 Å². The number of carbonyl (C=O) groups excluding carboxylic acids is 3. The van der Waals surface area contributed by atoms with Crippen molar-refractivity contribution in [1.82, 2.24) is 9.47 Å². The molecule has 0 bridgehead atoms.